The maximum absolute atomic E-state index is 9.75. The number of aryl methyl sites for hydroxylation is 6. The number of benzene rings is 2. The smallest absolute Gasteiger partial charge is 0.418 e. The molecular weight excluding hydrogens is 379 g/mol. The normalized spacial score (nSPS) is 17.0. The zero-order valence-corrected chi connectivity index (χ0v) is 18.2. The summed E-state index contributed by atoms with van der Waals surface area (Å²) in [6.45, 7) is 16.9. The predicted molar refractivity (Wildman–Crippen MR) is 114 cm³/mol. The Bertz CT molecular complexity index is 749. The van der Waals surface area contributed by atoms with Gasteiger partial charge in [-0.3, -0.25) is 4.90 Å². The Morgan fingerprint density at radius 1 is 0.759 bits per heavy atom. The molecule has 2 aromatic carbocycles. The van der Waals surface area contributed by atoms with Gasteiger partial charge in [-0.25, -0.2) is 0 Å². The van der Waals surface area contributed by atoms with Crippen molar-refractivity contribution >= 4 is 18.6 Å². The summed E-state index contributed by atoms with van der Waals surface area (Å²) in [5.41, 5.74) is 11.4. The quantitative estimate of drug-likeness (QED) is 0.527. The first-order chi connectivity index (χ1) is 13.4. The van der Waals surface area contributed by atoms with Crippen LogP contribution in [0.25, 0.3) is 0 Å². The number of nitrogens with one attached hydrogen (secondary N) is 1. The molecule has 0 spiro atoms. The van der Waals surface area contributed by atoms with Crippen LogP contribution in [-0.2, 0) is 0 Å². The number of hydrogen-bond donors (Lipinski definition) is 1. The van der Waals surface area contributed by atoms with Crippen molar-refractivity contribution in [1.29, 1.82) is 0 Å². The van der Waals surface area contributed by atoms with Crippen molar-refractivity contribution in [3.05, 3.63) is 57.6 Å². The molecule has 1 N–H and O–H groups in total. The molecule has 7 heteroatoms. The third-order valence-corrected chi connectivity index (χ3v) is 5.27. The van der Waals surface area contributed by atoms with E-state index in [1.807, 2.05) is 0 Å². The van der Waals surface area contributed by atoms with E-state index in [4.69, 9.17) is 0 Å². The SMILES string of the molecule is Cc1cc(C)c(N2CCC[NH+](c3c(C)cc(C)cc3C)C2)c(C)c1.F[B-](F)(F)F. The molecule has 29 heavy (non-hydrogen) atoms. The van der Waals surface area contributed by atoms with Crippen LogP contribution < -0.4 is 9.80 Å². The first kappa shape index (κ1) is 23.3. The Morgan fingerprint density at radius 3 is 1.62 bits per heavy atom. The van der Waals surface area contributed by atoms with Crippen LogP contribution in [0.3, 0.4) is 0 Å². The van der Waals surface area contributed by atoms with E-state index in [2.05, 4.69) is 70.7 Å². The van der Waals surface area contributed by atoms with Crippen molar-refractivity contribution in [2.45, 2.75) is 48.0 Å². The van der Waals surface area contributed by atoms with Crippen LogP contribution in [0.5, 0.6) is 0 Å². The predicted octanol–water partition coefficient (Wildman–Crippen LogP) is 5.22. The van der Waals surface area contributed by atoms with Crippen LogP contribution in [0.1, 0.15) is 39.8 Å². The first-order valence-electron chi connectivity index (χ1n) is 10.00. The van der Waals surface area contributed by atoms with E-state index in [0.29, 0.717) is 0 Å². The molecule has 1 unspecified atom stereocenters. The molecule has 0 bridgehead atoms. The largest absolute Gasteiger partial charge is 0.673 e. The lowest BCUT2D eigenvalue weighted by molar-refractivity contribution is -0.837. The molecule has 0 saturated carbocycles. The second-order valence-electron chi connectivity index (χ2n) is 8.14. The average molecular weight is 410 g/mol. The molecule has 0 amide bonds. The number of quaternary nitrogens is 1. The molecule has 1 aliphatic heterocycles. The highest BCUT2D eigenvalue weighted by Gasteiger charge is 2.27. The monoisotopic (exact) mass is 410 g/mol. The minimum absolute atomic E-state index is 1.06. The summed E-state index contributed by atoms with van der Waals surface area (Å²) < 4.78 is 39.0. The van der Waals surface area contributed by atoms with Crippen LogP contribution >= 0.6 is 0 Å². The molecular formula is C22H31BF4N2. The van der Waals surface area contributed by atoms with E-state index < -0.39 is 7.25 Å². The van der Waals surface area contributed by atoms with Crippen LogP contribution in [0, 0.1) is 41.5 Å². The second-order valence-corrected chi connectivity index (χ2v) is 8.14. The van der Waals surface area contributed by atoms with E-state index in [9.17, 15) is 17.3 Å². The van der Waals surface area contributed by atoms with Gasteiger partial charge in [-0.1, -0.05) is 35.4 Å². The van der Waals surface area contributed by atoms with Crippen LogP contribution in [0.15, 0.2) is 24.3 Å². The van der Waals surface area contributed by atoms with Crippen LogP contribution in [-0.4, -0.2) is 27.0 Å². The lowest BCUT2D eigenvalue weighted by Crippen LogP contribution is -3.11. The molecule has 0 radical (unpaired) electrons. The average Bonchev–Trinajstić information content (AvgIpc) is 2.51. The Morgan fingerprint density at radius 2 is 1.17 bits per heavy atom. The fourth-order valence-electron chi connectivity index (χ4n) is 4.68. The Kier molecular flexibility index (Phi) is 7.38. The summed E-state index contributed by atoms with van der Waals surface area (Å²) in [5, 5.41) is 0. The van der Waals surface area contributed by atoms with Gasteiger partial charge in [0.2, 0.25) is 0 Å². The molecule has 1 atom stereocenters. The summed E-state index contributed by atoms with van der Waals surface area (Å²) in [7, 11) is -6.00. The number of halogens is 4. The van der Waals surface area contributed by atoms with Crippen molar-refractivity contribution in [3.63, 3.8) is 0 Å². The number of nitrogens with zero attached hydrogens (tertiary/aromatic N) is 1. The number of rotatable bonds is 2. The molecule has 160 valence electrons. The zero-order chi connectivity index (χ0) is 21.9. The topological polar surface area (TPSA) is 7.68 Å². The third kappa shape index (κ3) is 6.49. The Labute approximate surface area is 171 Å². The zero-order valence-electron chi connectivity index (χ0n) is 18.2. The van der Waals surface area contributed by atoms with E-state index in [-0.39, 0.29) is 0 Å². The molecule has 0 aliphatic carbocycles. The van der Waals surface area contributed by atoms with Gasteiger partial charge in [0.25, 0.3) is 0 Å². The van der Waals surface area contributed by atoms with Crippen molar-refractivity contribution in [1.82, 2.24) is 0 Å². The molecule has 2 aromatic rings. The molecule has 1 heterocycles. The molecule has 0 aromatic heterocycles. The lowest BCUT2D eigenvalue weighted by atomic mass is 10.0. The van der Waals surface area contributed by atoms with Gasteiger partial charge >= 0.3 is 7.25 Å². The van der Waals surface area contributed by atoms with E-state index in [1.54, 1.807) is 4.90 Å². The highest BCUT2D eigenvalue weighted by Crippen LogP contribution is 2.27. The van der Waals surface area contributed by atoms with Crippen molar-refractivity contribution in [2.24, 2.45) is 0 Å². The van der Waals surface area contributed by atoms with Gasteiger partial charge in [-0.2, -0.15) is 0 Å². The summed E-state index contributed by atoms with van der Waals surface area (Å²) in [5.74, 6) is 0. The summed E-state index contributed by atoms with van der Waals surface area (Å²) in [6, 6.07) is 9.30. The number of hydrogen-bond acceptors (Lipinski definition) is 1. The fraction of sp³-hybridized carbons (Fsp3) is 0.455. The summed E-state index contributed by atoms with van der Waals surface area (Å²) in [4.78, 5) is 4.21. The maximum Gasteiger partial charge on any atom is 0.673 e. The first-order valence-corrected chi connectivity index (χ1v) is 10.00. The van der Waals surface area contributed by atoms with E-state index in [0.717, 1.165) is 13.2 Å². The Balaban J connectivity index is 0.000000537. The fourth-order valence-corrected chi connectivity index (χ4v) is 4.68. The molecule has 2 nitrogen and oxygen atoms in total. The molecule has 1 fully saturated rings. The highest BCUT2D eigenvalue weighted by atomic mass is 19.5. The Hall–Kier alpha value is -2.02. The molecule has 1 aliphatic rings. The van der Waals surface area contributed by atoms with Gasteiger partial charge in [0.15, 0.2) is 6.67 Å². The van der Waals surface area contributed by atoms with Gasteiger partial charge in [0, 0.05) is 29.8 Å². The minimum atomic E-state index is -6.00. The molecule has 3 rings (SSSR count). The summed E-state index contributed by atoms with van der Waals surface area (Å²) in [6.07, 6.45) is 1.24. The van der Waals surface area contributed by atoms with Crippen LogP contribution in [0.4, 0.5) is 28.6 Å². The van der Waals surface area contributed by atoms with Gasteiger partial charge in [-0.05, 0) is 52.7 Å². The van der Waals surface area contributed by atoms with Gasteiger partial charge in [-0.15, -0.1) is 0 Å². The van der Waals surface area contributed by atoms with Crippen LogP contribution in [0.2, 0.25) is 0 Å². The number of anilines is 1. The maximum atomic E-state index is 9.75. The lowest BCUT2D eigenvalue weighted by Gasteiger charge is -2.36. The summed E-state index contributed by atoms with van der Waals surface area (Å²) >= 11 is 0. The minimum Gasteiger partial charge on any atom is -0.418 e. The van der Waals surface area contributed by atoms with Crippen molar-refractivity contribution in [3.8, 4) is 0 Å². The van der Waals surface area contributed by atoms with Gasteiger partial charge in [0.1, 0.15) is 5.69 Å². The van der Waals surface area contributed by atoms with Gasteiger partial charge in [0.05, 0.1) is 6.54 Å². The van der Waals surface area contributed by atoms with Crippen molar-refractivity contribution < 1.29 is 22.2 Å². The molecule has 1 saturated heterocycles. The standard InChI is InChI=1S/C22H30N2.BF4/c1-15-10-17(3)21(18(4)11-15)23-8-7-9-24(14-23)22-19(5)12-16(2)13-20(22)6;2-1(3,4)5/h10-13H,7-9,14H2,1-6H3;/q;-1/p+1. The van der Waals surface area contributed by atoms with E-state index in [1.165, 1.54) is 57.7 Å². The third-order valence-electron chi connectivity index (χ3n) is 5.27. The highest BCUT2D eigenvalue weighted by molar-refractivity contribution is 6.50. The van der Waals surface area contributed by atoms with Crippen molar-refractivity contribution in [2.75, 3.05) is 24.7 Å². The second kappa shape index (κ2) is 9.20. The van der Waals surface area contributed by atoms with E-state index >= 15 is 0 Å². The van der Waals surface area contributed by atoms with Gasteiger partial charge < -0.3 is 22.2 Å².